The predicted octanol–water partition coefficient (Wildman–Crippen LogP) is 5.35. The molecule has 1 saturated heterocycles. The number of carbonyl (C=O) groups is 2. The highest BCUT2D eigenvalue weighted by molar-refractivity contribution is 7.17. The second kappa shape index (κ2) is 8.03. The molecule has 1 aliphatic rings. The van der Waals surface area contributed by atoms with E-state index >= 15 is 0 Å². The number of anilines is 2. The van der Waals surface area contributed by atoms with Crippen molar-refractivity contribution in [3.63, 3.8) is 0 Å². The summed E-state index contributed by atoms with van der Waals surface area (Å²) in [7, 11) is 0. The van der Waals surface area contributed by atoms with Crippen LogP contribution in [0.1, 0.15) is 20.9 Å². The van der Waals surface area contributed by atoms with Gasteiger partial charge in [-0.25, -0.2) is 9.78 Å². The Bertz CT molecular complexity index is 1140. The molecule has 2 amide bonds. The quantitative estimate of drug-likeness (QED) is 0.586. The van der Waals surface area contributed by atoms with Gasteiger partial charge >= 0.3 is 12.3 Å². The standard InChI is InChI=1S/C21H16F3N3O3S/c1-12-17(31-19(25-12)13-5-7-14(8-6-13)21(22,23)24)18(28)26-15-3-2-4-16(11-15)27-9-10-30-20(27)29/h2-8,11H,9-10H2,1H3,(H,26,28). The van der Waals surface area contributed by atoms with Gasteiger partial charge in [0.05, 0.1) is 17.8 Å². The Labute approximate surface area is 179 Å². The maximum absolute atomic E-state index is 12.8. The van der Waals surface area contributed by atoms with Crippen molar-refractivity contribution in [1.82, 2.24) is 4.98 Å². The normalized spacial score (nSPS) is 13.9. The van der Waals surface area contributed by atoms with Crippen LogP contribution in [0.25, 0.3) is 10.6 Å². The van der Waals surface area contributed by atoms with Crippen LogP contribution in [-0.2, 0) is 10.9 Å². The molecule has 1 N–H and O–H groups in total. The lowest BCUT2D eigenvalue weighted by molar-refractivity contribution is -0.137. The van der Waals surface area contributed by atoms with Crippen LogP contribution in [0.2, 0.25) is 0 Å². The number of ether oxygens (including phenoxy) is 1. The second-order valence-corrected chi connectivity index (χ2v) is 7.78. The van der Waals surface area contributed by atoms with Crippen LogP contribution in [0.5, 0.6) is 0 Å². The van der Waals surface area contributed by atoms with E-state index in [-0.39, 0.29) is 0 Å². The highest BCUT2D eigenvalue weighted by Gasteiger charge is 2.30. The van der Waals surface area contributed by atoms with Crippen LogP contribution in [0, 0.1) is 6.92 Å². The Morgan fingerprint density at radius 1 is 1.19 bits per heavy atom. The van der Waals surface area contributed by atoms with Gasteiger partial charge < -0.3 is 10.1 Å². The first-order valence-corrected chi connectivity index (χ1v) is 10.0. The predicted molar refractivity (Wildman–Crippen MR) is 110 cm³/mol. The van der Waals surface area contributed by atoms with Gasteiger partial charge in [-0.15, -0.1) is 11.3 Å². The molecule has 0 saturated carbocycles. The van der Waals surface area contributed by atoms with Gasteiger partial charge in [0.1, 0.15) is 16.5 Å². The summed E-state index contributed by atoms with van der Waals surface area (Å²) in [6, 6.07) is 11.4. The van der Waals surface area contributed by atoms with E-state index in [0.29, 0.717) is 45.7 Å². The first-order valence-electron chi connectivity index (χ1n) is 9.23. The molecule has 4 rings (SSSR count). The molecule has 6 nitrogen and oxygen atoms in total. The molecule has 10 heteroatoms. The summed E-state index contributed by atoms with van der Waals surface area (Å²) in [5.74, 6) is -0.394. The monoisotopic (exact) mass is 447 g/mol. The summed E-state index contributed by atoms with van der Waals surface area (Å²) in [5, 5.41) is 3.22. The number of nitrogens with zero attached hydrogens (tertiary/aromatic N) is 2. The average Bonchev–Trinajstić information content (AvgIpc) is 3.33. The van der Waals surface area contributed by atoms with E-state index in [2.05, 4.69) is 10.3 Å². The Kier molecular flexibility index (Phi) is 5.40. The van der Waals surface area contributed by atoms with E-state index in [1.807, 2.05) is 0 Å². The molecule has 2 aromatic carbocycles. The van der Waals surface area contributed by atoms with Gasteiger partial charge in [0.15, 0.2) is 0 Å². The van der Waals surface area contributed by atoms with E-state index in [9.17, 15) is 22.8 Å². The highest BCUT2D eigenvalue weighted by atomic mass is 32.1. The number of aromatic nitrogens is 1. The fourth-order valence-electron chi connectivity index (χ4n) is 3.10. The van der Waals surface area contributed by atoms with Crippen LogP contribution in [0.15, 0.2) is 48.5 Å². The maximum atomic E-state index is 12.8. The number of halogens is 3. The Balaban J connectivity index is 1.52. The molecule has 31 heavy (non-hydrogen) atoms. The minimum atomic E-state index is -4.41. The van der Waals surface area contributed by atoms with Crippen LogP contribution >= 0.6 is 11.3 Å². The maximum Gasteiger partial charge on any atom is 0.416 e. The van der Waals surface area contributed by atoms with Gasteiger partial charge in [0, 0.05) is 16.9 Å². The van der Waals surface area contributed by atoms with Crippen molar-refractivity contribution in [2.24, 2.45) is 0 Å². The van der Waals surface area contributed by atoms with Gasteiger partial charge in [0.25, 0.3) is 5.91 Å². The number of aryl methyl sites for hydroxylation is 1. The van der Waals surface area contributed by atoms with Crippen molar-refractivity contribution in [1.29, 1.82) is 0 Å². The van der Waals surface area contributed by atoms with Crippen molar-refractivity contribution in [3.8, 4) is 10.6 Å². The summed E-state index contributed by atoms with van der Waals surface area (Å²) in [6.07, 6.45) is -4.86. The number of nitrogens with one attached hydrogen (secondary N) is 1. The molecular formula is C21H16F3N3O3S. The molecule has 0 aliphatic carbocycles. The molecule has 3 aromatic rings. The van der Waals surface area contributed by atoms with Crippen molar-refractivity contribution in [2.45, 2.75) is 13.1 Å². The van der Waals surface area contributed by atoms with Crippen molar-refractivity contribution >= 4 is 34.7 Å². The molecule has 0 unspecified atom stereocenters. The minimum Gasteiger partial charge on any atom is -0.447 e. The smallest absolute Gasteiger partial charge is 0.416 e. The van der Waals surface area contributed by atoms with Crippen LogP contribution in [-0.4, -0.2) is 30.1 Å². The SMILES string of the molecule is Cc1nc(-c2ccc(C(F)(F)F)cc2)sc1C(=O)Nc1cccc(N2CCOC2=O)c1. The van der Waals surface area contributed by atoms with E-state index in [1.165, 1.54) is 17.0 Å². The van der Waals surface area contributed by atoms with Gasteiger partial charge in [-0.2, -0.15) is 13.2 Å². The van der Waals surface area contributed by atoms with Crippen LogP contribution in [0.3, 0.4) is 0 Å². The Hall–Kier alpha value is -3.40. The summed E-state index contributed by atoms with van der Waals surface area (Å²) in [6.45, 7) is 2.40. The largest absolute Gasteiger partial charge is 0.447 e. The molecule has 0 bridgehead atoms. The number of cyclic esters (lactones) is 1. The highest BCUT2D eigenvalue weighted by Crippen LogP contribution is 2.33. The first-order chi connectivity index (χ1) is 14.7. The van der Waals surface area contributed by atoms with Gasteiger partial charge in [-0.05, 0) is 37.3 Å². The number of amides is 2. The number of hydrogen-bond donors (Lipinski definition) is 1. The van der Waals surface area contributed by atoms with Crippen LogP contribution < -0.4 is 10.2 Å². The Morgan fingerprint density at radius 2 is 1.94 bits per heavy atom. The van der Waals surface area contributed by atoms with Crippen molar-refractivity contribution < 1.29 is 27.5 Å². The fourth-order valence-corrected chi connectivity index (χ4v) is 4.07. The zero-order chi connectivity index (χ0) is 22.2. The molecule has 0 spiro atoms. The van der Waals surface area contributed by atoms with E-state index in [0.717, 1.165) is 23.5 Å². The van der Waals surface area contributed by atoms with E-state index in [1.54, 1.807) is 31.2 Å². The number of rotatable bonds is 4. The lowest BCUT2D eigenvalue weighted by Gasteiger charge is -2.14. The number of hydrogen-bond acceptors (Lipinski definition) is 5. The third kappa shape index (κ3) is 4.38. The topological polar surface area (TPSA) is 71.5 Å². The van der Waals surface area contributed by atoms with Crippen molar-refractivity contribution in [3.05, 3.63) is 64.7 Å². The number of thiazole rings is 1. The summed E-state index contributed by atoms with van der Waals surface area (Å²) >= 11 is 1.09. The minimum absolute atomic E-state index is 0.308. The van der Waals surface area contributed by atoms with Crippen LogP contribution in [0.4, 0.5) is 29.3 Å². The molecule has 1 aliphatic heterocycles. The molecule has 160 valence electrons. The van der Waals surface area contributed by atoms with E-state index in [4.69, 9.17) is 4.74 Å². The molecule has 2 heterocycles. The lowest BCUT2D eigenvalue weighted by Crippen LogP contribution is -2.23. The van der Waals surface area contributed by atoms with Gasteiger partial charge in [0.2, 0.25) is 0 Å². The third-order valence-corrected chi connectivity index (χ3v) is 5.84. The number of benzene rings is 2. The summed E-state index contributed by atoms with van der Waals surface area (Å²) in [5.41, 5.74) is 1.31. The average molecular weight is 447 g/mol. The fraction of sp³-hybridized carbons (Fsp3) is 0.190. The van der Waals surface area contributed by atoms with Gasteiger partial charge in [-0.1, -0.05) is 18.2 Å². The molecule has 0 atom stereocenters. The van der Waals surface area contributed by atoms with Gasteiger partial charge in [-0.3, -0.25) is 9.69 Å². The molecule has 1 aromatic heterocycles. The molecule has 1 fully saturated rings. The number of alkyl halides is 3. The number of carbonyl (C=O) groups excluding carboxylic acids is 2. The van der Waals surface area contributed by atoms with Crippen molar-refractivity contribution in [2.75, 3.05) is 23.4 Å². The molecular weight excluding hydrogens is 431 g/mol. The lowest BCUT2D eigenvalue weighted by atomic mass is 10.1. The summed E-state index contributed by atoms with van der Waals surface area (Å²) in [4.78, 5) is 30.7. The zero-order valence-corrected chi connectivity index (χ0v) is 17.0. The molecule has 0 radical (unpaired) electrons. The van der Waals surface area contributed by atoms with E-state index < -0.39 is 23.7 Å². The first kappa shape index (κ1) is 20.9. The summed E-state index contributed by atoms with van der Waals surface area (Å²) < 4.78 is 43.2. The Morgan fingerprint density at radius 3 is 2.58 bits per heavy atom. The second-order valence-electron chi connectivity index (χ2n) is 6.78. The zero-order valence-electron chi connectivity index (χ0n) is 16.2. The third-order valence-electron chi connectivity index (χ3n) is 4.64.